The molecule has 0 bridgehead atoms. The van der Waals surface area contributed by atoms with E-state index >= 15 is 0 Å². The van der Waals surface area contributed by atoms with Gasteiger partial charge in [0, 0.05) is 5.56 Å². The van der Waals surface area contributed by atoms with Gasteiger partial charge in [-0.2, -0.15) is 0 Å². The van der Waals surface area contributed by atoms with Crippen molar-refractivity contribution in [1.82, 2.24) is 0 Å². The second kappa shape index (κ2) is 4.78. The van der Waals surface area contributed by atoms with Crippen LogP contribution in [0.15, 0.2) is 48.5 Å². The Morgan fingerprint density at radius 3 is 2.16 bits per heavy atom. The molecule has 19 heavy (non-hydrogen) atoms. The van der Waals surface area contributed by atoms with Gasteiger partial charge >= 0.3 is 0 Å². The highest BCUT2D eigenvalue weighted by Crippen LogP contribution is 2.39. The first-order chi connectivity index (χ1) is 9.19. The van der Waals surface area contributed by atoms with Crippen LogP contribution in [0.25, 0.3) is 11.1 Å². The monoisotopic (exact) mass is 256 g/mol. The highest BCUT2D eigenvalue weighted by atomic mass is 19.1. The number of rotatable bonds is 2. The first-order valence-corrected chi connectivity index (χ1v) is 6.77. The van der Waals surface area contributed by atoms with Crippen LogP contribution in [0.2, 0.25) is 0 Å². The Balaban J connectivity index is 1.93. The standard InChI is InChI=1S/C17H17FO/c18-16-6-2-1-5-15(16)13-7-9-14(10-8-13)17(19)11-3-4-12-17/h1-2,5-10,19H,3-4,11-12H2. The summed E-state index contributed by atoms with van der Waals surface area (Å²) in [5.74, 6) is -0.213. The fourth-order valence-electron chi connectivity index (χ4n) is 2.90. The average Bonchev–Trinajstić information content (AvgIpc) is 2.88. The second-order valence-electron chi connectivity index (χ2n) is 5.30. The zero-order valence-corrected chi connectivity index (χ0v) is 10.8. The van der Waals surface area contributed by atoms with Gasteiger partial charge in [-0.15, -0.1) is 0 Å². The Labute approximate surface area is 112 Å². The number of benzene rings is 2. The van der Waals surface area contributed by atoms with Crippen molar-refractivity contribution in [2.45, 2.75) is 31.3 Å². The summed E-state index contributed by atoms with van der Waals surface area (Å²) in [6.45, 7) is 0. The molecule has 0 radical (unpaired) electrons. The zero-order chi connectivity index (χ0) is 13.3. The largest absolute Gasteiger partial charge is 0.385 e. The van der Waals surface area contributed by atoms with E-state index in [9.17, 15) is 9.50 Å². The minimum Gasteiger partial charge on any atom is -0.385 e. The lowest BCUT2D eigenvalue weighted by Gasteiger charge is -2.22. The molecule has 1 N–H and O–H groups in total. The summed E-state index contributed by atoms with van der Waals surface area (Å²) >= 11 is 0. The molecule has 0 aromatic heterocycles. The molecule has 2 aromatic carbocycles. The van der Waals surface area contributed by atoms with Crippen molar-refractivity contribution in [3.8, 4) is 11.1 Å². The first kappa shape index (κ1) is 12.4. The van der Waals surface area contributed by atoms with E-state index in [4.69, 9.17) is 0 Å². The van der Waals surface area contributed by atoms with E-state index in [0.29, 0.717) is 5.56 Å². The summed E-state index contributed by atoms with van der Waals surface area (Å²) in [6, 6.07) is 14.4. The van der Waals surface area contributed by atoms with Gasteiger partial charge in [-0.25, -0.2) is 4.39 Å². The van der Waals surface area contributed by atoms with Crippen molar-refractivity contribution >= 4 is 0 Å². The normalized spacial score (nSPS) is 17.6. The molecule has 2 aromatic rings. The van der Waals surface area contributed by atoms with Crippen molar-refractivity contribution < 1.29 is 9.50 Å². The topological polar surface area (TPSA) is 20.2 Å². The molecule has 1 aliphatic rings. The summed E-state index contributed by atoms with van der Waals surface area (Å²) in [7, 11) is 0. The third kappa shape index (κ3) is 2.28. The van der Waals surface area contributed by atoms with Crippen LogP contribution in [-0.4, -0.2) is 5.11 Å². The molecule has 0 saturated heterocycles. The molecule has 0 atom stereocenters. The highest BCUT2D eigenvalue weighted by Gasteiger charge is 2.32. The maximum absolute atomic E-state index is 13.7. The van der Waals surface area contributed by atoms with E-state index in [-0.39, 0.29) is 5.82 Å². The number of hydrogen-bond donors (Lipinski definition) is 1. The quantitative estimate of drug-likeness (QED) is 0.851. The summed E-state index contributed by atoms with van der Waals surface area (Å²) in [5.41, 5.74) is 1.73. The van der Waals surface area contributed by atoms with Crippen LogP contribution in [0, 0.1) is 5.82 Å². The van der Waals surface area contributed by atoms with Gasteiger partial charge in [-0.1, -0.05) is 55.3 Å². The van der Waals surface area contributed by atoms with E-state index in [1.807, 2.05) is 30.3 Å². The Morgan fingerprint density at radius 1 is 0.895 bits per heavy atom. The van der Waals surface area contributed by atoms with Gasteiger partial charge in [0.15, 0.2) is 0 Å². The van der Waals surface area contributed by atoms with Crippen LogP contribution < -0.4 is 0 Å². The molecule has 2 heteroatoms. The van der Waals surface area contributed by atoms with Crippen LogP contribution in [0.4, 0.5) is 4.39 Å². The van der Waals surface area contributed by atoms with Gasteiger partial charge in [-0.05, 0) is 30.0 Å². The second-order valence-corrected chi connectivity index (χ2v) is 5.30. The van der Waals surface area contributed by atoms with Crippen molar-refractivity contribution in [3.63, 3.8) is 0 Å². The molecule has 1 saturated carbocycles. The van der Waals surface area contributed by atoms with Crippen LogP contribution in [0.3, 0.4) is 0 Å². The molecule has 3 rings (SSSR count). The summed E-state index contributed by atoms with van der Waals surface area (Å²) < 4.78 is 13.7. The minimum absolute atomic E-state index is 0.213. The van der Waals surface area contributed by atoms with Crippen LogP contribution >= 0.6 is 0 Å². The lowest BCUT2D eigenvalue weighted by atomic mass is 9.91. The molecule has 0 unspecified atom stereocenters. The maximum Gasteiger partial charge on any atom is 0.131 e. The molecular weight excluding hydrogens is 239 g/mol. The Morgan fingerprint density at radius 2 is 1.53 bits per heavy atom. The number of aliphatic hydroxyl groups is 1. The van der Waals surface area contributed by atoms with Gasteiger partial charge in [-0.3, -0.25) is 0 Å². The third-order valence-electron chi connectivity index (χ3n) is 4.04. The molecule has 0 heterocycles. The number of hydrogen-bond acceptors (Lipinski definition) is 1. The van der Waals surface area contributed by atoms with E-state index in [1.54, 1.807) is 12.1 Å². The molecule has 0 aliphatic heterocycles. The number of halogens is 1. The zero-order valence-electron chi connectivity index (χ0n) is 10.8. The van der Waals surface area contributed by atoms with Gasteiger partial charge < -0.3 is 5.11 Å². The molecule has 1 fully saturated rings. The fourth-order valence-corrected chi connectivity index (χ4v) is 2.90. The smallest absolute Gasteiger partial charge is 0.131 e. The van der Waals surface area contributed by atoms with E-state index in [1.165, 1.54) is 6.07 Å². The minimum atomic E-state index is -0.673. The van der Waals surface area contributed by atoms with Crippen molar-refractivity contribution in [3.05, 3.63) is 59.9 Å². The van der Waals surface area contributed by atoms with Crippen LogP contribution in [0.1, 0.15) is 31.2 Å². The van der Waals surface area contributed by atoms with Crippen LogP contribution in [-0.2, 0) is 5.60 Å². The van der Waals surface area contributed by atoms with E-state index in [0.717, 1.165) is 36.8 Å². The Kier molecular flexibility index (Phi) is 3.11. The third-order valence-corrected chi connectivity index (χ3v) is 4.04. The van der Waals surface area contributed by atoms with Gasteiger partial charge in [0.05, 0.1) is 5.60 Å². The van der Waals surface area contributed by atoms with E-state index < -0.39 is 5.60 Å². The molecule has 0 amide bonds. The predicted octanol–water partition coefficient (Wildman–Crippen LogP) is 4.25. The molecular formula is C17H17FO. The van der Waals surface area contributed by atoms with E-state index in [2.05, 4.69) is 0 Å². The molecule has 1 nitrogen and oxygen atoms in total. The fraction of sp³-hybridized carbons (Fsp3) is 0.294. The predicted molar refractivity (Wildman–Crippen MR) is 74.2 cm³/mol. The molecule has 98 valence electrons. The van der Waals surface area contributed by atoms with Gasteiger partial charge in [0.1, 0.15) is 5.82 Å². The Hall–Kier alpha value is -1.67. The lowest BCUT2D eigenvalue weighted by molar-refractivity contribution is 0.0445. The molecule has 0 spiro atoms. The van der Waals surface area contributed by atoms with Crippen molar-refractivity contribution in [1.29, 1.82) is 0 Å². The summed E-state index contributed by atoms with van der Waals surface area (Å²) in [4.78, 5) is 0. The SMILES string of the molecule is OC1(c2ccc(-c3ccccc3F)cc2)CCCC1. The molecule has 1 aliphatic carbocycles. The van der Waals surface area contributed by atoms with Crippen molar-refractivity contribution in [2.24, 2.45) is 0 Å². The highest BCUT2D eigenvalue weighted by molar-refractivity contribution is 5.64. The van der Waals surface area contributed by atoms with Gasteiger partial charge in [0.25, 0.3) is 0 Å². The Bertz CT molecular complexity index is 568. The first-order valence-electron chi connectivity index (χ1n) is 6.77. The van der Waals surface area contributed by atoms with Crippen LogP contribution in [0.5, 0.6) is 0 Å². The average molecular weight is 256 g/mol. The maximum atomic E-state index is 13.7. The summed E-state index contributed by atoms with van der Waals surface area (Å²) in [6.07, 6.45) is 3.80. The summed E-state index contributed by atoms with van der Waals surface area (Å²) in [5, 5.41) is 10.5. The van der Waals surface area contributed by atoms with Gasteiger partial charge in [0.2, 0.25) is 0 Å². The lowest BCUT2D eigenvalue weighted by Crippen LogP contribution is -2.20. The van der Waals surface area contributed by atoms with Crippen molar-refractivity contribution in [2.75, 3.05) is 0 Å².